The van der Waals surface area contributed by atoms with Gasteiger partial charge in [0.15, 0.2) is 0 Å². The number of phenols is 1. The van der Waals surface area contributed by atoms with Crippen molar-refractivity contribution < 1.29 is 19.4 Å². The lowest BCUT2D eigenvalue weighted by molar-refractivity contribution is -0.141. The number of halogens is 1. The largest absolute Gasteiger partial charge is 0.508 e. The molecule has 0 spiro atoms. The van der Waals surface area contributed by atoms with Crippen LogP contribution in [-0.4, -0.2) is 34.2 Å². The highest BCUT2D eigenvalue weighted by atomic mass is 19.1. The zero-order chi connectivity index (χ0) is 13.3. The summed E-state index contributed by atoms with van der Waals surface area (Å²) in [4.78, 5) is 12.8. The number of carboxylic acids is 1. The van der Waals surface area contributed by atoms with Gasteiger partial charge in [0.25, 0.3) is 0 Å². The molecular formula is C13H16FNO3. The number of hydrogen-bond donors (Lipinski definition) is 2. The van der Waals surface area contributed by atoms with Gasteiger partial charge in [-0.05, 0) is 26.0 Å². The number of carboxylic acid groups (broad SMARTS) is 1. The fourth-order valence-electron chi connectivity index (χ4n) is 2.39. The lowest BCUT2D eigenvalue weighted by Crippen LogP contribution is -2.26. The van der Waals surface area contributed by atoms with E-state index in [2.05, 4.69) is 0 Å². The molecule has 5 heteroatoms. The summed E-state index contributed by atoms with van der Waals surface area (Å²) >= 11 is 0. The Balaban J connectivity index is 2.12. The quantitative estimate of drug-likeness (QED) is 0.865. The number of carbonyl (C=O) groups is 1. The number of aliphatic carboxylic acids is 1. The fraction of sp³-hybridized carbons (Fsp3) is 0.462. The Morgan fingerprint density at radius 1 is 1.56 bits per heavy atom. The topological polar surface area (TPSA) is 60.8 Å². The molecule has 0 radical (unpaired) electrons. The molecule has 98 valence electrons. The molecule has 0 amide bonds. The van der Waals surface area contributed by atoms with Gasteiger partial charge in [-0.15, -0.1) is 0 Å². The van der Waals surface area contributed by atoms with Gasteiger partial charge >= 0.3 is 5.97 Å². The standard InChI is InChI=1S/C13H16FNO3/c1-8(11-3-2-10(16)6-12(11)14)15-5-4-9(7-15)13(17)18/h2-3,6,8-9,16H,4-5,7H2,1H3,(H,17,18). The number of nitrogens with zero attached hydrogens (tertiary/aromatic N) is 1. The van der Waals surface area contributed by atoms with Gasteiger partial charge < -0.3 is 10.2 Å². The first-order chi connectivity index (χ1) is 8.49. The molecule has 2 N–H and O–H groups in total. The minimum Gasteiger partial charge on any atom is -0.508 e. The van der Waals surface area contributed by atoms with Crippen molar-refractivity contribution in [2.24, 2.45) is 5.92 Å². The van der Waals surface area contributed by atoms with E-state index in [9.17, 15) is 9.18 Å². The summed E-state index contributed by atoms with van der Waals surface area (Å²) in [7, 11) is 0. The number of rotatable bonds is 3. The summed E-state index contributed by atoms with van der Waals surface area (Å²) in [5.41, 5.74) is 0.485. The van der Waals surface area contributed by atoms with Crippen LogP contribution in [-0.2, 0) is 4.79 Å². The first-order valence-corrected chi connectivity index (χ1v) is 5.94. The molecule has 0 aliphatic carbocycles. The number of benzene rings is 1. The molecule has 1 aliphatic heterocycles. The van der Waals surface area contributed by atoms with Gasteiger partial charge in [-0.2, -0.15) is 0 Å². The number of aromatic hydroxyl groups is 1. The van der Waals surface area contributed by atoms with Crippen molar-refractivity contribution in [3.63, 3.8) is 0 Å². The highest BCUT2D eigenvalue weighted by Crippen LogP contribution is 2.30. The number of hydrogen-bond acceptors (Lipinski definition) is 3. The summed E-state index contributed by atoms with van der Waals surface area (Å²) in [6.07, 6.45) is 0.597. The summed E-state index contributed by atoms with van der Waals surface area (Å²) in [6.45, 7) is 2.94. The summed E-state index contributed by atoms with van der Waals surface area (Å²) in [5.74, 6) is -1.72. The molecule has 1 fully saturated rings. The Morgan fingerprint density at radius 2 is 2.28 bits per heavy atom. The first kappa shape index (κ1) is 12.8. The van der Waals surface area contributed by atoms with Crippen LogP contribution in [0, 0.1) is 11.7 Å². The minimum atomic E-state index is -0.795. The van der Waals surface area contributed by atoms with Gasteiger partial charge in [-0.25, -0.2) is 4.39 Å². The minimum absolute atomic E-state index is 0.103. The van der Waals surface area contributed by atoms with Crippen LogP contribution in [0.15, 0.2) is 18.2 Å². The molecule has 1 saturated heterocycles. The van der Waals surface area contributed by atoms with Gasteiger partial charge in [0.2, 0.25) is 0 Å². The van der Waals surface area contributed by atoms with Gasteiger partial charge in [0.1, 0.15) is 11.6 Å². The molecule has 1 aliphatic rings. The van der Waals surface area contributed by atoms with Crippen molar-refractivity contribution in [2.75, 3.05) is 13.1 Å². The Labute approximate surface area is 105 Å². The van der Waals surface area contributed by atoms with Crippen molar-refractivity contribution in [3.05, 3.63) is 29.6 Å². The normalized spacial score (nSPS) is 22.0. The second-order valence-corrected chi connectivity index (χ2v) is 4.70. The van der Waals surface area contributed by atoms with Gasteiger partial charge in [-0.3, -0.25) is 9.69 Å². The molecule has 1 aromatic carbocycles. The molecule has 2 unspecified atom stereocenters. The molecule has 0 saturated carbocycles. The van der Waals surface area contributed by atoms with Crippen LogP contribution in [0.25, 0.3) is 0 Å². The third-order valence-corrected chi connectivity index (χ3v) is 3.55. The predicted octanol–water partition coefficient (Wildman–Crippen LogP) is 2.00. The molecule has 0 bridgehead atoms. The van der Waals surface area contributed by atoms with Crippen molar-refractivity contribution in [2.45, 2.75) is 19.4 Å². The Bertz CT molecular complexity index is 464. The lowest BCUT2D eigenvalue weighted by Gasteiger charge is -2.24. The van der Waals surface area contributed by atoms with Crippen molar-refractivity contribution in [3.8, 4) is 5.75 Å². The van der Waals surface area contributed by atoms with E-state index in [4.69, 9.17) is 10.2 Å². The highest BCUT2D eigenvalue weighted by molar-refractivity contribution is 5.70. The smallest absolute Gasteiger partial charge is 0.307 e. The van der Waals surface area contributed by atoms with Gasteiger partial charge in [0, 0.05) is 24.2 Å². The number of likely N-dealkylation sites (tertiary alicyclic amines) is 1. The van der Waals surface area contributed by atoms with E-state index in [1.54, 1.807) is 6.07 Å². The summed E-state index contributed by atoms with van der Waals surface area (Å²) < 4.78 is 13.7. The van der Waals surface area contributed by atoms with E-state index in [0.717, 1.165) is 6.07 Å². The molecule has 1 heterocycles. The van der Waals surface area contributed by atoms with Crippen LogP contribution in [0.5, 0.6) is 5.75 Å². The Morgan fingerprint density at radius 3 is 2.83 bits per heavy atom. The van der Waals surface area contributed by atoms with Crippen LogP contribution in [0.4, 0.5) is 4.39 Å². The Kier molecular flexibility index (Phi) is 3.52. The zero-order valence-corrected chi connectivity index (χ0v) is 10.1. The number of phenolic OH excluding ortho intramolecular Hbond substituents is 1. The molecular weight excluding hydrogens is 237 g/mol. The van der Waals surface area contributed by atoms with E-state index in [1.807, 2.05) is 11.8 Å². The predicted molar refractivity (Wildman–Crippen MR) is 63.8 cm³/mol. The van der Waals surface area contributed by atoms with Crippen LogP contribution in [0.2, 0.25) is 0 Å². The van der Waals surface area contributed by atoms with E-state index in [1.165, 1.54) is 6.07 Å². The van der Waals surface area contributed by atoms with Crippen molar-refractivity contribution >= 4 is 5.97 Å². The molecule has 18 heavy (non-hydrogen) atoms. The Hall–Kier alpha value is -1.62. The molecule has 2 rings (SSSR count). The summed E-state index contributed by atoms with van der Waals surface area (Å²) in [5, 5.41) is 18.1. The second kappa shape index (κ2) is 4.94. The van der Waals surface area contributed by atoms with Crippen LogP contribution in [0.3, 0.4) is 0 Å². The monoisotopic (exact) mass is 253 g/mol. The highest BCUT2D eigenvalue weighted by Gasteiger charge is 2.31. The second-order valence-electron chi connectivity index (χ2n) is 4.70. The van der Waals surface area contributed by atoms with Crippen LogP contribution in [0.1, 0.15) is 24.9 Å². The zero-order valence-electron chi connectivity index (χ0n) is 10.1. The van der Waals surface area contributed by atoms with Crippen LogP contribution < -0.4 is 0 Å². The summed E-state index contributed by atoms with van der Waals surface area (Å²) in [6, 6.07) is 3.88. The van der Waals surface area contributed by atoms with Crippen LogP contribution >= 0.6 is 0 Å². The van der Waals surface area contributed by atoms with E-state index in [0.29, 0.717) is 25.1 Å². The SMILES string of the molecule is CC(c1ccc(O)cc1F)N1CCC(C(=O)O)C1. The van der Waals surface area contributed by atoms with Crippen molar-refractivity contribution in [1.29, 1.82) is 0 Å². The lowest BCUT2D eigenvalue weighted by atomic mass is 10.1. The third-order valence-electron chi connectivity index (χ3n) is 3.55. The maximum Gasteiger partial charge on any atom is 0.307 e. The molecule has 2 atom stereocenters. The maximum absolute atomic E-state index is 13.7. The third kappa shape index (κ3) is 2.46. The van der Waals surface area contributed by atoms with E-state index in [-0.39, 0.29) is 17.7 Å². The first-order valence-electron chi connectivity index (χ1n) is 5.94. The molecule has 1 aromatic rings. The fourth-order valence-corrected chi connectivity index (χ4v) is 2.39. The van der Waals surface area contributed by atoms with Crippen molar-refractivity contribution in [1.82, 2.24) is 4.90 Å². The van der Waals surface area contributed by atoms with Gasteiger partial charge in [0.05, 0.1) is 5.92 Å². The van der Waals surface area contributed by atoms with E-state index >= 15 is 0 Å². The average molecular weight is 253 g/mol. The van der Waals surface area contributed by atoms with Gasteiger partial charge in [-0.1, -0.05) is 6.07 Å². The maximum atomic E-state index is 13.7. The molecule has 4 nitrogen and oxygen atoms in total. The molecule has 0 aromatic heterocycles. The van der Waals surface area contributed by atoms with E-state index < -0.39 is 11.8 Å². The average Bonchev–Trinajstić information content (AvgIpc) is 2.77.